The summed E-state index contributed by atoms with van der Waals surface area (Å²) in [7, 11) is 0. The topological polar surface area (TPSA) is 66.4 Å². The van der Waals surface area contributed by atoms with Crippen LogP contribution in [0.4, 0.5) is 15.8 Å². The first-order valence-electron chi connectivity index (χ1n) is 6.30. The first-order valence-corrected chi connectivity index (χ1v) is 6.30. The van der Waals surface area contributed by atoms with Gasteiger partial charge in [-0.1, -0.05) is 6.07 Å². The Morgan fingerprint density at radius 1 is 1.05 bits per heavy atom. The fourth-order valence-corrected chi connectivity index (χ4v) is 1.87. The molecule has 2 aromatic carbocycles. The summed E-state index contributed by atoms with van der Waals surface area (Å²) in [6, 6.07) is 8.56. The van der Waals surface area contributed by atoms with Gasteiger partial charge >= 0.3 is 5.97 Å². The van der Waals surface area contributed by atoms with Gasteiger partial charge in [0.05, 0.1) is 11.3 Å². The SMILES string of the molecule is CC(=O)c1ccc(F)c(Nc2cc(C(=O)O)ccc2C)c1. The molecule has 5 heteroatoms. The number of benzene rings is 2. The third-order valence-corrected chi connectivity index (χ3v) is 3.13. The van der Waals surface area contributed by atoms with Crippen molar-refractivity contribution in [2.24, 2.45) is 0 Å². The molecule has 2 N–H and O–H groups in total. The van der Waals surface area contributed by atoms with Crippen molar-refractivity contribution in [2.75, 3.05) is 5.32 Å². The van der Waals surface area contributed by atoms with Crippen LogP contribution in [-0.4, -0.2) is 16.9 Å². The third kappa shape index (κ3) is 3.25. The van der Waals surface area contributed by atoms with Crippen LogP contribution in [0.5, 0.6) is 0 Å². The molecule has 21 heavy (non-hydrogen) atoms. The Morgan fingerprint density at radius 2 is 1.67 bits per heavy atom. The Labute approximate surface area is 121 Å². The summed E-state index contributed by atoms with van der Waals surface area (Å²) in [5.41, 5.74) is 1.87. The van der Waals surface area contributed by atoms with Crippen molar-refractivity contribution in [3.8, 4) is 0 Å². The second-order valence-electron chi connectivity index (χ2n) is 4.71. The molecule has 0 radical (unpaired) electrons. The molecule has 0 saturated heterocycles. The highest BCUT2D eigenvalue weighted by Gasteiger charge is 2.10. The first kappa shape index (κ1) is 14.7. The highest BCUT2D eigenvalue weighted by atomic mass is 19.1. The second kappa shape index (κ2) is 5.75. The van der Waals surface area contributed by atoms with Gasteiger partial charge in [-0.25, -0.2) is 9.18 Å². The smallest absolute Gasteiger partial charge is 0.335 e. The normalized spacial score (nSPS) is 10.2. The number of aromatic carboxylic acids is 1. The zero-order valence-electron chi connectivity index (χ0n) is 11.6. The number of nitrogens with one attached hydrogen (secondary N) is 1. The van der Waals surface area contributed by atoms with E-state index in [1.165, 1.54) is 37.3 Å². The van der Waals surface area contributed by atoms with Crippen LogP contribution >= 0.6 is 0 Å². The van der Waals surface area contributed by atoms with Crippen LogP contribution < -0.4 is 5.32 Å². The van der Waals surface area contributed by atoms with Gasteiger partial charge in [-0.15, -0.1) is 0 Å². The maximum Gasteiger partial charge on any atom is 0.335 e. The highest BCUT2D eigenvalue weighted by molar-refractivity contribution is 5.95. The van der Waals surface area contributed by atoms with Crippen molar-refractivity contribution in [1.82, 2.24) is 0 Å². The number of aryl methyl sites for hydroxylation is 1. The van der Waals surface area contributed by atoms with Crippen LogP contribution in [0.1, 0.15) is 33.2 Å². The molecule has 0 aromatic heterocycles. The van der Waals surface area contributed by atoms with E-state index >= 15 is 0 Å². The minimum atomic E-state index is -1.06. The quantitative estimate of drug-likeness (QED) is 0.840. The molecule has 0 aliphatic rings. The molecule has 0 aliphatic carbocycles. The fraction of sp³-hybridized carbons (Fsp3) is 0.125. The molecule has 0 unspecified atom stereocenters. The van der Waals surface area contributed by atoms with Crippen molar-refractivity contribution in [2.45, 2.75) is 13.8 Å². The minimum absolute atomic E-state index is 0.103. The first-order chi connectivity index (χ1) is 9.88. The fourth-order valence-electron chi connectivity index (χ4n) is 1.87. The highest BCUT2D eigenvalue weighted by Crippen LogP contribution is 2.25. The Morgan fingerprint density at radius 3 is 2.29 bits per heavy atom. The van der Waals surface area contributed by atoms with E-state index in [2.05, 4.69) is 5.32 Å². The van der Waals surface area contributed by atoms with E-state index < -0.39 is 11.8 Å². The summed E-state index contributed by atoms with van der Waals surface area (Å²) in [5.74, 6) is -1.75. The van der Waals surface area contributed by atoms with Crippen LogP contribution in [0.25, 0.3) is 0 Å². The van der Waals surface area contributed by atoms with Crippen molar-refractivity contribution >= 4 is 23.1 Å². The third-order valence-electron chi connectivity index (χ3n) is 3.13. The Kier molecular flexibility index (Phi) is 4.03. The van der Waals surface area contributed by atoms with Crippen LogP contribution in [0, 0.1) is 12.7 Å². The van der Waals surface area contributed by atoms with E-state index in [4.69, 9.17) is 5.11 Å². The van der Waals surface area contributed by atoms with E-state index in [9.17, 15) is 14.0 Å². The van der Waals surface area contributed by atoms with Crippen molar-refractivity contribution in [1.29, 1.82) is 0 Å². The van der Waals surface area contributed by atoms with Crippen molar-refractivity contribution in [3.63, 3.8) is 0 Å². The van der Waals surface area contributed by atoms with Crippen molar-refractivity contribution in [3.05, 3.63) is 58.9 Å². The lowest BCUT2D eigenvalue weighted by Crippen LogP contribution is -2.02. The van der Waals surface area contributed by atoms with E-state index in [-0.39, 0.29) is 17.0 Å². The van der Waals surface area contributed by atoms with E-state index in [0.29, 0.717) is 11.3 Å². The number of Topliss-reactive ketones (excluding diaryl/α,β-unsaturated/α-hetero) is 1. The van der Waals surface area contributed by atoms with Crippen LogP contribution in [-0.2, 0) is 0 Å². The van der Waals surface area contributed by atoms with Crippen molar-refractivity contribution < 1.29 is 19.1 Å². The number of ketones is 1. The lowest BCUT2D eigenvalue weighted by atomic mass is 10.1. The molecule has 0 heterocycles. The number of halogens is 1. The number of hydrogen-bond donors (Lipinski definition) is 2. The molecule has 0 aliphatic heterocycles. The number of hydrogen-bond acceptors (Lipinski definition) is 3. The van der Waals surface area contributed by atoms with Crippen LogP contribution in [0.2, 0.25) is 0 Å². The van der Waals surface area contributed by atoms with Crippen LogP contribution in [0.3, 0.4) is 0 Å². The molecule has 2 aromatic rings. The minimum Gasteiger partial charge on any atom is -0.478 e. The molecular weight excluding hydrogens is 273 g/mol. The zero-order chi connectivity index (χ0) is 15.6. The molecule has 4 nitrogen and oxygen atoms in total. The van der Waals surface area contributed by atoms with Gasteiger partial charge in [0.25, 0.3) is 0 Å². The average Bonchev–Trinajstić information content (AvgIpc) is 2.43. The molecule has 0 fully saturated rings. The van der Waals surface area contributed by atoms with E-state index in [0.717, 1.165) is 5.56 Å². The maximum absolute atomic E-state index is 13.8. The zero-order valence-corrected chi connectivity index (χ0v) is 11.6. The molecule has 0 spiro atoms. The Hall–Kier alpha value is -2.69. The van der Waals surface area contributed by atoms with Gasteiger partial charge in [0.2, 0.25) is 0 Å². The number of anilines is 2. The van der Waals surface area contributed by atoms with E-state index in [1.807, 2.05) is 0 Å². The lowest BCUT2D eigenvalue weighted by molar-refractivity contribution is 0.0696. The molecule has 2 rings (SSSR count). The number of rotatable bonds is 4. The monoisotopic (exact) mass is 287 g/mol. The molecule has 0 bridgehead atoms. The molecule has 0 amide bonds. The molecule has 108 valence electrons. The number of carboxylic acids is 1. The summed E-state index contributed by atoms with van der Waals surface area (Å²) in [4.78, 5) is 22.3. The second-order valence-corrected chi connectivity index (χ2v) is 4.71. The molecule has 0 atom stereocenters. The largest absolute Gasteiger partial charge is 0.478 e. The van der Waals surface area contributed by atoms with Gasteiger partial charge in [-0.3, -0.25) is 4.79 Å². The lowest BCUT2D eigenvalue weighted by Gasteiger charge is -2.12. The maximum atomic E-state index is 13.8. The van der Waals surface area contributed by atoms with Gasteiger partial charge in [0.15, 0.2) is 5.78 Å². The predicted octanol–water partition coefficient (Wildman–Crippen LogP) is 3.78. The molecule has 0 saturated carbocycles. The predicted molar refractivity (Wildman–Crippen MR) is 77.8 cm³/mol. The number of carboxylic acid groups (broad SMARTS) is 1. The van der Waals surface area contributed by atoms with Crippen LogP contribution in [0.15, 0.2) is 36.4 Å². The number of carbonyl (C=O) groups is 2. The molecular formula is C16H14FNO3. The van der Waals surface area contributed by atoms with Gasteiger partial charge < -0.3 is 10.4 Å². The summed E-state index contributed by atoms with van der Waals surface area (Å²) >= 11 is 0. The summed E-state index contributed by atoms with van der Waals surface area (Å²) < 4.78 is 13.8. The summed E-state index contributed by atoms with van der Waals surface area (Å²) in [6.45, 7) is 3.17. The summed E-state index contributed by atoms with van der Waals surface area (Å²) in [5, 5.41) is 11.8. The van der Waals surface area contributed by atoms with Gasteiger partial charge in [-0.05, 0) is 49.7 Å². The van der Waals surface area contributed by atoms with Gasteiger partial charge in [-0.2, -0.15) is 0 Å². The number of carbonyl (C=O) groups excluding carboxylic acids is 1. The Bertz CT molecular complexity index is 664. The summed E-state index contributed by atoms with van der Waals surface area (Å²) in [6.07, 6.45) is 0. The van der Waals surface area contributed by atoms with Gasteiger partial charge in [0, 0.05) is 11.3 Å². The van der Waals surface area contributed by atoms with Gasteiger partial charge in [0.1, 0.15) is 5.82 Å². The standard InChI is InChI=1S/C16H14FNO3/c1-9-3-4-12(16(20)21)8-14(9)18-15-7-11(10(2)19)5-6-13(15)17/h3-8,18H,1-2H3,(H,20,21). The Balaban J connectivity index is 2.42. The van der Waals surface area contributed by atoms with E-state index in [1.54, 1.807) is 13.0 Å². The average molecular weight is 287 g/mol.